The van der Waals surface area contributed by atoms with Crippen LogP contribution in [0, 0.1) is 13.8 Å². The van der Waals surface area contributed by atoms with E-state index in [1.165, 1.54) is 17.5 Å². The molecule has 0 radical (unpaired) electrons. The molecule has 1 aromatic carbocycles. The van der Waals surface area contributed by atoms with Gasteiger partial charge in [0.15, 0.2) is 12.2 Å². The molecule has 0 atom stereocenters. The molecule has 1 aromatic heterocycles. The third-order valence-electron chi connectivity index (χ3n) is 2.80. The van der Waals surface area contributed by atoms with E-state index in [0.717, 1.165) is 23.6 Å². The van der Waals surface area contributed by atoms with E-state index in [1.807, 2.05) is 0 Å². The van der Waals surface area contributed by atoms with Crippen molar-refractivity contribution in [3.05, 3.63) is 41.4 Å². The molecule has 0 saturated carbocycles. The van der Waals surface area contributed by atoms with Gasteiger partial charge < -0.3 is 9.73 Å². The molecule has 18 heavy (non-hydrogen) atoms. The second kappa shape index (κ2) is 5.36. The Bertz CT molecular complexity index is 509. The lowest BCUT2D eigenvalue weighted by atomic mass is 10.0. The van der Waals surface area contributed by atoms with Crippen molar-refractivity contribution in [2.24, 2.45) is 0 Å². The molecule has 0 unspecified atom stereocenters. The zero-order chi connectivity index (χ0) is 13.1. The van der Waals surface area contributed by atoms with Gasteiger partial charge in [-0.3, -0.25) is 0 Å². The van der Waals surface area contributed by atoms with Crippen LogP contribution >= 0.6 is 0 Å². The van der Waals surface area contributed by atoms with E-state index in [1.54, 1.807) is 0 Å². The molecule has 1 N–H and O–H groups in total. The standard InChI is InChI=1S/C15H20N2O/c1-10(2)16-8-14-15(18-9-17-14)13-6-11(3)5-12(4)7-13/h5-7,9-10,16H,8H2,1-4H3. The predicted molar refractivity (Wildman–Crippen MR) is 73.4 cm³/mol. The van der Waals surface area contributed by atoms with Crippen LogP contribution in [0.1, 0.15) is 30.7 Å². The molecule has 2 aromatic rings. The van der Waals surface area contributed by atoms with Gasteiger partial charge in [-0.15, -0.1) is 0 Å². The Morgan fingerprint density at radius 1 is 1.17 bits per heavy atom. The lowest BCUT2D eigenvalue weighted by Gasteiger charge is -2.08. The van der Waals surface area contributed by atoms with Crippen LogP contribution in [-0.2, 0) is 6.54 Å². The van der Waals surface area contributed by atoms with Crippen molar-refractivity contribution in [3.8, 4) is 11.3 Å². The maximum Gasteiger partial charge on any atom is 0.181 e. The van der Waals surface area contributed by atoms with E-state index in [2.05, 4.69) is 56.2 Å². The van der Waals surface area contributed by atoms with Crippen molar-refractivity contribution < 1.29 is 4.42 Å². The highest BCUT2D eigenvalue weighted by Crippen LogP contribution is 2.25. The largest absolute Gasteiger partial charge is 0.443 e. The predicted octanol–water partition coefficient (Wildman–Crippen LogP) is 3.46. The van der Waals surface area contributed by atoms with Gasteiger partial charge in [0.2, 0.25) is 0 Å². The average Bonchev–Trinajstić information content (AvgIpc) is 2.72. The zero-order valence-electron chi connectivity index (χ0n) is 11.4. The minimum Gasteiger partial charge on any atom is -0.443 e. The molecule has 0 fully saturated rings. The lowest BCUT2D eigenvalue weighted by molar-refractivity contribution is 0.563. The summed E-state index contributed by atoms with van der Waals surface area (Å²) in [5.74, 6) is 0.870. The fraction of sp³-hybridized carbons (Fsp3) is 0.400. The first-order valence-corrected chi connectivity index (χ1v) is 6.30. The van der Waals surface area contributed by atoms with Crippen molar-refractivity contribution in [3.63, 3.8) is 0 Å². The fourth-order valence-electron chi connectivity index (χ4n) is 2.04. The molecule has 0 spiro atoms. The monoisotopic (exact) mass is 244 g/mol. The highest BCUT2D eigenvalue weighted by molar-refractivity contribution is 5.61. The summed E-state index contributed by atoms with van der Waals surface area (Å²) in [4.78, 5) is 4.29. The Balaban J connectivity index is 2.30. The van der Waals surface area contributed by atoms with Crippen LogP contribution in [0.4, 0.5) is 0 Å². The molecule has 0 bridgehead atoms. The van der Waals surface area contributed by atoms with Crippen LogP contribution in [0.15, 0.2) is 29.0 Å². The molecule has 2 rings (SSSR count). The van der Waals surface area contributed by atoms with E-state index < -0.39 is 0 Å². The summed E-state index contributed by atoms with van der Waals surface area (Å²) in [6, 6.07) is 6.86. The number of oxazole rings is 1. The highest BCUT2D eigenvalue weighted by atomic mass is 16.3. The molecule has 0 aliphatic heterocycles. The van der Waals surface area contributed by atoms with Gasteiger partial charge in [-0.25, -0.2) is 4.98 Å². The molecule has 0 amide bonds. The first-order valence-electron chi connectivity index (χ1n) is 6.30. The number of hydrogen-bond donors (Lipinski definition) is 1. The second-order valence-electron chi connectivity index (χ2n) is 5.04. The van der Waals surface area contributed by atoms with Gasteiger partial charge in [0.05, 0.1) is 0 Å². The van der Waals surface area contributed by atoms with E-state index in [4.69, 9.17) is 4.42 Å². The minimum atomic E-state index is 0.439. The van der Waals surface area contributed by atoms with E-state index >= 15 is 0 Å². The number of nitrogens with one attached hydrogen (secondary N) is 1. The van der Waals surface area contributed by atoms with Crippen LogP contribution in [0.25, 0.3) is 11.3 Å². The van der Waals surface area contributed by atoms with Crippen LogP contribution in [-0.4, -0.2) is 11.0 Å². The lowest BCUT2D eigenvalue weighted by Crippen LogP contribution is -2.22. The Morgan fingerprint density at radius 2 is 1.83 bits per heavy atom. The van der Waals surface area contributed by atoms with Crippen molar-refractivity contribution in [1.29, 1.82) is 0 Å². The quantitative estimate of drug-likeness (QED) is 0.895. The van der Waals surface area contributed by atoms with Gasteiger partial charge in [-0.2, -0.15) is 0 Å². The fourth-order valence-corrected chi connectivity index (χ4v) is 2.04. The average molecular weight is 244 g/mol. The number of aryl methyl sites for hydroxylation is 2. The first-order chi connectivity index (χ1) is 8.56. The number of hydrogen-bond acceptors (Lipinski definition) is 3. The summed E-state index contributed by atoms with van der Waals surface area (Å²) in [5.41, 5.74) is 4.55. The molecular formula is C15H20N2O. The summed E-state index contributed by atoms with van der Waals surface area (Å²) in [5, 5.41) is 3.36. The second-order valence-corrected chi connectivity index (χ2v) is 5.04. The van der Waals surface area contributed by atoms with Gasteiger partial charge >= 0.3 is 0 Å². The molecule has 0 aliphatic rings. The third-order valence-corrected chi connectivity index (χ3v) is 2.80. The van der Waals surface area contributed by atoms with Gasteiger partial charge in [-0.1, -0.05) is 31.0 Å². The van der Waals surface area contributed by atoms with E-state index in [-0.39, 0.29) is 0 Å². The molecule has 3 heteroatoms. The molecule has 0 aliphatic carbocycles. The van der Waals surface area contributed by atoms with Crippen LogP contribution in [0.3, 0.4) is 0 Å². The van der Waals surface area contributed by atoms with Crippen LogP contribution in [0.2, 0.25) is 0 Å². The Morgan fingerprint density at radius 3 is 2.44 bits per heavy atom. The highest BCUT2D eigenvalue weighted by Gasteiger charge is 2.11. The SMILES string of the molecule is Cc1cc(C)cc(-c2ocnc2CNC(C)C)c1. The van der Waals surface area contributed by atoms with Crippen molar-refractivity contribution in [2.45, 2.75) is 40.3 Å². The van der Waals surface area contributed by atoms with Gasteiger partial charge in [-0.05, 0) is 26.0 Å². The third kappa shape index (κ3) is 2.99. The number of rotatable bonds is 4. The maximum absolute atomic E-state index is 5.54. The van der Waals surface area contributed by atoms with Crippen molar-refractivity contribution in [2.75, 3.05) is 0 Å². The number of aromatic nitrogens is 1. The van der Waals surface area contributed by atoms with E-state index in [0.29, 0.717) is 6.04 Å². The number of nitrogens with zero attached hydrogens (tertiary/aromatic N) is 1. The van der Waals surface area contributed by atoms with Gasteiger partial charge in [0.25, 0.3) is 0 Å². The van der Waals surface area contributed by atoms with Crippen molar-refractivity contribution >= 4 is 0 Å². The summed E-state index contributed by atoms with van der Waals surface area (Å²) < 4.78 is 5.54. The minimum absolute atomic E-state index is 0.439. The molecule has 3 nitrogen and oxygen atoms in total. The first kappa shape index (κ1) is 12.8. The Kier molecular flexibility index (Phi) is 3.82. The topological polar surface area (TPSA) is 38.1 Å². The van der Waals surface area contributed by atoms with Crippen LogP contribution in [0.5, 0.6) is 0 Å². The molecule has 1 heterocycles. The Labute approximate surface area is 108 Å². The van der Waals surface area contributed by atoms with Crippen LogP contribution < -0.4 is 5.32 Å². The Hall–Kier alpha value is -1.61. The smallest absolute Gasteiger partial charge is 0.181 e. The molecule has 96 valence electrons. The maximum atomic E-state index is 5.54. The van der Waals surface area contributed by atoms with Gasteiger partial charge in [0.1, 0.15) is 5.69 Å². The summed E-state index contributed by atoms with van der Waals surface area (Å²) in [7, 11) is 0. The zero-order valence-corrected chi connectivity index (χ0v) is 11.4. The normalized spacial score (nSPS) is 11.2. The van der Waals surface area contributed by atoms with Gasteiger partial charge in [0, 0.05) is 18.2 Å². The molecule has 0 saturated heterocycles. The summed E-state index contributed by atoms with van der Waals surface area (Å²) in [6.07, 6.45) is 1.52. The summed E-state index contributed by atoms with van der Waals surface area (Å²) in [6.45, 7) is 9.17. The molecular weight excluding hydrogens is 224 g/mol. The van der Waals surface area contributed by atoms with E-state index in [9.17, 15) is 0 Å². The summed E-state index contributed by atoms with van der Waals surface area (Å²) >= 11 is 0. The number of benzene rings is 1. The van der Waals surface area contributed by atoms with Crippen molar-refractivity contribution in [1.82, 2.24) is 10.3 Å².